The minimum Gasteiger partial charge on any atom is -0.504 e. The number of fused-ring (bicyclic) bond motifs is 3. The lowest BCUT2D eigenvalue weighted by atomic mass is 9.61. The molecular weight excluding hydrogens is 700 g/mol. The van der Waals surface area contributed by atoms with E-state index in [1.54, 1.807) is 36.4 Å². The molecule has 0 spiro atoms. The molecule has 7 rings (SSSR count). The van der Waals surface area contributed by atoms with E-state index < -0.39 is 23.7 Å². The Balaban J connectivity index is 1.17. The zero-order valence-corrected chi connectivity index (χ0v) is 29.1. The normalized spacial score (nSPS) is 23.2. The first kappa shape index (κ1) is 33.1. The monoisotopic (exact) mass is 732 g/mol. The first-order valence-corrected chi connectivity index (χ1v) is 17.0. The number of imide groups is 1. The van der Waals surface area contributed by atoms with Crippen molar-refractivity contribution in [3.8, 4) is 11.5 Å². The van der Waals surface area contributed by atoms with Gasteiger partial charge in [0.05, 0.1) is 40.5 Å². The van der Waals surface area contributed by atoms with E-state index >= 15 is 0 Å². The molecule has 0 aromatic heterocycles. The summed E-state index contributed by atoms with van der Waals surface area (Å²) in [7, 11) is 5.38. The average molecular weight is 734 g/mol. The van der Waals surface area contributed by atoms with Crippen LogP contribution < -0.4 is 14.5 Å². The van der Waals surface area contributed by atoms with Gasteiger partial charge < -0.3 is 14.7 Å². The predicted octanol–water partition coefficient (Wildman–Crippen LogP) is 7.39. The number of azo groups is 1. The van der Waals surface area contributed by atoms with Gasteiger partial charge in [-0.1, -0.05) is 29.9 Å². The number of aromatic hydroxyl groups is 1. The lowest BCUT2D eigenvalue weighted by Gasteiger charge is -2.41. The Labute approximate surface area is 297 Å². The van der Waals surface area contributed by atoms with Gasteiger partial charge in [-0.25, -0.2) is 0 Å². The summed E-state index contributed by atoms with van der Waals surface area (Å²) in [5.74, 6) is -3.23. The molecule has 10 nitrogen and oxygen atoms in total. The molecule has 1 heterocycles. The van der Waals surface area contributed by atoms with E-state index in [-0.39, 0.29) is 40.0 Å². The standard InChI is InChI=1S/C39H33BrN4O6/c1-43(2)24-10-6-22(7-11-24)41-42-23-8-12-25(13-9-23)44-38(48)28-16-15-26-27(14-4-21-5-17-32(45)34(18-21)50-3)35-30(19-29(26)36(28)39(44)49)37(47)31(40)20-33(35)46/h4-15,17-18,20,27-29,36,45H,16,19H2,1-3H3/t27-,28-,29+,36-/m0/s1. The highest BCUT2D eigenvalue weighted by Gasteiger charge is 2.56. The van der Waals surface area contributed by atoms with Crippen LogP contribution in [0.5, 0.6) is 11.5 Å². The van der Waals surface area contributed by atoms with Crippen LogP contribution in [0.15, 0.2) is 116 Å². The molecule has 4 aliphatic rings. The summed E-state index contributed by atoms with van der Waals surface area (Å²) in [6, 6.07) is 19.4. The maximum absolute atomic E-state index is 14.2. The Morgan fingerprint density at radius 2 is 1.60 bits per heavy atom. The van der Waals surface area contributed by atoms with Crippen LogP contribution in [-0.4, -0.2) is 49.7 Å². The van der Waals surface area contributed by atoms with Gasteiger partial charge in [-0.2, -0.15) is 10.2 Å². The average Bonchev–Trinajstić information content (AvgIpc) is 3.38. The molecule has 1 aliphatic heterocycles. The van der Waals surface area contributed by atoms with Crippen molar-refractivity contribution in [2.45, 2.75) is 12.8 Å². The zero-order valence-electron chi connectivity index (χ0n) is 27.5. The molecule has 0 unspecified atom stereocenters. The smallest absolute Gasteiger partial charge is 0.238 e. The van der Waals surface area contributed by atoms with Crippen molar-refractivity contribution in [1.82, 2.24) is 0 Å². The van der Waals surface area contributed by atoms with Gasteiger partial charge in [-0.15, -0.1) is 0 Å². The molecule has 0 saturated carbocycles. The highest BCUT2D eigenvalue weighted by molar-refractivity contribution is 9.12. The third-order valence-corrected chi connectivity index (χ3v) is 10.4. The van der Waals surface area contributed by atoms with Gasteiger partial charge >= 0.3 is 0 Å². The number of carbonyl (C=O) groups excluding carboxylic acids is 4. The number of methoxy groups -OCH3 is 1. The van der Waals surface area contributed by atoms with Crippen LogP contribution in [0.2, 0.25) is 0 Å². The van der Waals surface area contributed by atoms with Crippen LogP contribution in [0.3, 0.4) is 0 Å². The molecule has 3 aromatic carbocycles. The number of ether oxygens (including phenoxy) is 1. The molecule has 50 heavy (non-hydrogen) atoms. The molecule has 252 valence electrons. The van der Waals surface area contributed by atoms with Crippen molar-refractivity contribution in [3.05, 3.63) is 112 Å². The van der Waals surface area contributed by atoms with Crippen molar-refractivity contribution in [2.24, 2.45) is 33.9 Å². The maximum Gasteiger partial charge on any atom is 0.238 e. The number of hydrogen-bond acceptors (Lipinski definition) is 9. The SMILES string of the molecule is COc1cc(C=C[C@H]2C3=CC[C@@H]4C(=O)N(c5ccc(N=Nc6ccc(N(C)C)cc6)cc5)C(=O)[C@@H]4[C@@H]3CC3=C2C(=O)C=C(Br)C3=O)ccc1O. The molecule has 1 N–H and O–H groups in total. The minimum absolute atomic E-state index is 0.00422. The summed E-state index contributed by atoms with van der Waals surface area (Å²) in [5.41, 5.74) is 5.05. The van der Waals surface area contributed by atoms with E-state index in [9.17, 15) is 24.3 Å². The second kappa shape index (κ2) is 13.1. The maximum atomic E-state index is 14.2. The van der Waals surface area contributed by atoms with Gasteiger partial charge in [0.15, 0.2) is 23.1 Å². The number of anilines is 2. The van der Waals surface area contributed by atoms with Crippen LogP contribution in [0.4, 0.5) is 22.7 Å². The summed E-state index contributed by atoms with van der Waals surface area (Å²) in [6.45, 7) is 0. The second-order valence-electron chi connectivity index (χ2n) is 12.9. The molecule has 3 aromatic rings. The number of allylic oxidation sites excluding steroid dienone is 7. The molecule has 0 radical (unpaired) electrons. The Kier molecular flexibility index (Phi) is 8.69. The van der Waals surface area contributed by atoms with Gasteiger partial charge in [-0.3, -0.25) is 24.1 Å². The fourth-order valence-corrected chi connectivity index (χ4v) is 7.79. The number of carbonyl (C=O) groups is 4. The summed E-state index contributed by atoms with van der Waals surface area (Å²) >= 11 is 3.26. The van der Waals surface area contributed by atoms with Gasteiger partial charge in [0.25, 0.3) is 0 Å². The zero-order chi connectivity index (χ0) is 35.3. The van der Waals surface area contributed by atoms with Crippen molar-refractivity contribution in [3.63, 3.8) is 0 Å². The summed E-state index contributed by atoms with van der Waals surface area (Å²) < 4.78 is 5.42. The molecule has 0 bridgehead atoms. The lowest BCUT2D eigenvalue weighted by Crippen LogP contribution is -2.40. The van der Waals surface area contributed by atoms with Gasteiger partial charge in [0.1, 0.15) is 0 Å². The number of amides is 2. The van der Waals surface area contributed by atoms with Crippen LogP contribution in [0.1, 0.15) is 18.4 Å². The first-order chi connectivity index (χ1) is 24.0. The van der Waals surface area contributed by atoms with E-state index in [4.69, 9.17) is 4.74 Å². The van der Waals surface area contributed by atoms with E-state index in [1.165, 1.54) is 24.2 Å². The van der Waals surface area contributed by atoms with E-state index in [0.29, 0.717) is 45.9 Å². The second-order valence-corrected chi connectivity index (χ2v) is 13.7. The predicted molar refractivity (Wildman–Crippen MR) is 193 cm³/mol. The Hall–Kier alpha value is -5.42. The summed E-state index contributed by atoms with van der Waals surface area (Å²) in [5, 5.41) is 18.7. The van der Waals surface area contributed by atoms with Crippen LogP contribution in [0.25, 0.3) is 6.08 Å². The Bertz CT molecular complexity index is 2090. The number of phenols is 1. The van der Waals surface area contributed by atoms with Crippen molar-refractivity contribution >= 4 is 68.1 Å². The van der Waals surface area contributed by atoms with Crippen molar-refractivity contribution in [2.75, 3.05) is 31.0 Å². The number of phenolic OH excluding ortho intramolecular Hbond substituents is 1. The van der Waals surface area contributed by atoms with Gasteiger partial charge in [0, 0.05) is 42.9 Å². The fraction of sp³-hybridized carbons (Fsp3) is 0.231. The molecular formula is C39H33BrN4O6. The highest BCUT2D eigenvalue weighted by atomic mass is 79.9. The number of halogens is 1. The molecule has 11 heteroatoms. The van der Waals surface area contributed by atoms with E-state index in [0.717, 1.165) is 11.3 Å². The Morgan fingerprint density at radius 3 is 2.26 bits per heavy atom. The number of Topliss-reactive ketones (excluding diaryl/α,β-unsaturated/α-hetero) is 1. The molecule has 1 saturated heterocycles. The lowest BCUT2D eigenvalue weighted by molar-refractivity contribution is -0.123. The summed E-state index contributed by atoms with van der Waals surface area (Å²) in [4.78, 5) is 58.2. The fourth-order valence-electron chi connectivity index (χ4n) is 7.35. The van der Waals surface area contributed by atoms with Crippen molar-refractivity contribution < 1.29 is 29.0 Å². The third-order valence-electron chi connectivity index (χ3n) is 9.82. The van der Waals surface area contributed by atoms with E-state index in [1.807, 2.05) is 61.5 Å². The minimum atomic E-state index is -0.696. The number of ketones is 2. The van der Waals surface area contributed by atoms with Gasteiger partial charge in [-0.05, 0) is 101 Å². The van der Waals surface area contributed by atoms with Crippen LogP contribution in [-0.2, 0) is 19.2 Å². The van der Waals surface area contributed by atoms with E-state index in [2.05, 4.69) is 26.2 Å². The van der Waals surface area contributed by atoms with Gasteiger partial charge in [0.2, 0.25) is 11.8 Å². The molecule has 3 aliphatic carbocycles. The first-order valence-electron chi connectivity index (χ1n) is 16.2. The number of rotatable bonds is 7. The number of nitrogens with zero attached hydrogens (tertiary/aromatic N) is 4. The molecule has 4 atom stereocenters. The number of benzene rings is 3. The van der Waals surface area contributed by atoms with Crippen LogP contribution in [0, 0.1) is 23.7 Å². The topological polar surface area (TPSA) is 129 Å². The molecule has 1 fully saturated rings. The number of hydrogen-bond donors (Lipinski definition) is 1. The highest BCUT2D eigenvalue weighted by Crippen LogP contribution is 2.53. The van der Waals surface area contributed by atoms with Crippen LogP contribution >= 0.6 is 15.9 Å². The largest absolute Gasteiger partial charge is 0.504 e. The summed E-state index contributed by atoms with van der Waals surface area (Å²) in [6.07, 6.45) is 7.43. The quantitative estimate of drug-likeness (QED) is 0.116. The third kappa shape index (κ3) is 5.81. The Morgan fingerprint density at radius 1 is 0.920 bits per heavy atom. The van der Waals surface area contributed by atoms with Crippen molar-refractivity contribution in [1.29, 1.82) is 0 Å². The molecule has 2 amide bonds.